The van der Waals surface area contributed by atoms with Crippen molar-refractivity contribution in [2.75, 3.05) is 0 Å². The summed E-state index contributed by atoms with van der Waals surface area (Å²) >= 11 is 0. The molecule has 0 bridgehead atoms. The molecule has 0 radical (unpaired) electrons. The van der Waals surface area contributed by atoms with E-state index < -0.39 is 46.3 Å². The second-order valence-corrected chi connectivity index (χ2v) is 2.62. The first-order valence-electron chi connectivity index (χ1n) is 3.61. The molecule has 0 amide bonds. The van der Waals surface area contributed by atoms with Gasteiger partial charge in [-0.25, -0.2) is 27.2 Å². The average molecular weight is 311 g/mol. The number of benzene rings is 1. The van der Waals surface area contributed by atoms with Crippen molar-refractivity contribution >= 4 is 36.8 Å². The molecule has 0 atom stereocenters. The Morgan fingerprint density at radius 2 is 0.833 bits per heavy atom. The normalized spacial score (nSPS) is 9.11. The third-order valence-electron chi connectivity index (χ3n) is 1.69. The third kappa shape index (κ3) is 2.82. The van der Waals surface area contributed by atoms with Crippen molar-refractivity contribution in [3.8, 4) is 0 Å². The molecule has 2 N–H and O–H groups in total. The van der Waals surface area contributed by atoms with E-state index in [9.17, 15) is 27.2 Å². The standard InChI is InChI=1S/C8H2F4O4.2ClH/c9-3-1(7(13)14)4(10)6(12)2(5(3)11)8(15)16;;/h(H,13,14)(H,15,16);2*1H. The van der Waals surface area contributed by atoms with Crippen LogP contribution in [0.15, 0.2) is 0 Å². The van der Waals surface area contributed by atoms with Crippen LogP contribution < -0.4 is 0 Å². The fraction of sp³-hybridized carbons (Fsp3) is 0. The van der Waals surface area contributed by atoms with Gasteiger partial charge < -0.3 is 10.2 Å². The summed E-state index contributed by atoms with van der Waals surface area (Å²) in [6.07, 6.45) is 0. The van der Waals surface area contributed by atoms with Crippen LogP contribution in [0.4, 0.5) is 17.6 Å². The molecule has 0 aliphatic rings. The maximum Gasteiger partial charge on any atom is 0.341 e. The first kappa shape index (κ1) is 18.8. The lowest BCUT2D eigenvalue weighted by Gasteiger charge is -2.05. The maximum absolute atomic E-state index is 12.9. The van der Waals surface area contributed by atoms with E-state index in [4.69, 9.17) is 10.2 Å². The Hall–Kier alpha value is -1.54. The molecule has 4 nitrogen and oxygen atoms in total. The highest BCUT2D eigenvalue weighted by Gasteiger charge is 2.31. The molecule has 18 heavy (non-hydrogen) atoms. The predicted molar refractivity (Wildman–Crippen MR) is 54.7 cm³/mol. The van der Waals surface area contributed by atoms with Crippen molar-refractivity contribution in [2.24, 2.45) is 0 Å². The number of carboxylic acids is 2. The van der Waals surface area contributed by atoms with Gasteiger partial charge in [0.05, 0.1) is 0 Å². The summed E-state index contributed by atoms with van der Waals surface area (Å²) in [5, 5.41) is 16.5. The predicted octanol–water partition coefficient (Wildman–Crippen LogP) is 2.48. The molecule has 0 unspecified atom stereocenters. The summed E-state index contributed by atoms with van der Waals surface area (Å²) in [6, 6.07) is 0. The van der Waals surface area contributed by atoms with Crippen LogP contribution in [0.1, 0.15) is 20.7 Å². The van der Waals surface area contributed by atoms with Crippen LogP contribution in [0.2, 0.25) is 0 Å². The first-order chi connectivity index (χ1) is 7.29. The first-order valence-corrected chi connectivity index (χ1v) is 3.61. The molecule has 0 fully saturated rings. The van der Waals surface area contributed by atoms with Crippen LogP contribution in [0.3, 0.4) is 0 Å². The van der Waals surface area contributed by atoms with Crippen LogP contribution in [-0.2, 0) is 0 Å². The van der Waals surface area contributed by atoms with Gasteiger partial charge in [-0.3, -0.25) is 0 Å². The van der Waals surface area contributed by atoms with Gasteiger partial charge >= 0.3 is 11.9 Å². The van der Waals surface area contributed by atoms with Gasteiger partial charge in [0, 0.05) is 0 Å². The van der Waals surface area contributed by atoms with Gasteiger partial charge in [0.2, 0.25) is 0 Å². The Kier molecular flexibility index (Phi) is 6.70. The van der Waals surface area contributed by atoms with Crippen molar-refractivity contribution in [1.29, 1.82) is 0 Å². The zero-order chi connectivity index (χ0) is 12.6. The van der Waals surface area contributed by atoms with Crippen molar-refractivity contribution in [1.82, 2.24) is 0 Å². The summed E-state index contributed by atoms with van der Waals surface area (Å²) in [4.78, 5) is 20.5. The average Bonchev–Trinajstić information content (AvgIpc) is 2.14. The summed E-state index contributed by atoms with van der Waals surface area (Å²) in [5.41, 5.74) is -3.75. The lowest BCUT2D eigenvalue weighted by atomic mass is 10.1. The molecule has 1 aromatic rings. The molecule has 1 aromatic carbocycles. The molecule has 102 valence electrons. The van der Waals surface area contributed by atoms with Gasteiger partial charge in [-0.2, -0.15) is 0 Å². The zero-order valence-electron chi connectivity index (χ0n) is 8.04. The molecule has 0 saturated carbocycles. The van der Waals surface area contributed by atoms with E-state index in [-0.39, 0.29) is 24.8 Å². The van der Waals surface area contributed by atoms with E-state index in [0.29, 0.717) is 0 Å². The fourth-order valence-corrected chi connectivity index (χ4v) is 1.01. The highest BCUT2D eigenvalue weighted by atomic mass is 35.5. The summed E-state index contributed by atoms with van der Waals surface area (Å²) < 4.78 is 51.6. The number of halogens is 6. The fourth-order valence-electron chi connectivity index (χ4n) is 1.01. The molecular weight excluding hydrogens is 307 g/mol. The highest BCUT2D eigenvalue weighted by molar-refractivity contribution is 5.92. The SMILES string of the molecule is Cl.Cl.O=C(O)c1c(F)c(F)c(C(=O)O)c(F)c1F. The van der Waals surface area contributed by atoms with Crippen LogP contribution in [0.25, 0.3) is 0 Å². The Morgan fingerprint density at radius 3 is 0.944 bits per heavy atom. The maximum atomic E-state index is 12.9. The lowest BCUT2D eigenvalue weighted by molar-refractivity contribution is 0.0658. The smallest absolute Gasteiger partial charge is 0.341 e. The van der Waals surface area contributed by atoms with E-state index in [1.54, 1.807) is 0 Å². The van der Waals surface area contributed by atoms with Crippen LogP contribution in [-0.4, -0.2) is 22.2 Å². The number of hydrogen-bond donors (Lipinski definition) is 2. The quantitative estimate of drug-likeness (QED) is 0.650. The summed E-state index contributed by atoms with van der Waals surface area (Å²) in [6.45, 7) is 0. The number of carboxylic acid groups (broad SMARTS) is 2. The minimum Gasteiger partial charge on any atom is -0.477 e. The van der Waals surface area contributed by atoms with Gasteiger partial charge in [0.1, 0.15) is 11.1 Å². The summed E-state index contributed by atoms with van der Waals surface area (Å²) in [7, 11) is 0. The Bertz CT molecular complexity index is 432. The van der Waals surface area contributed by atoms with Gasteiger partial charge in [0.15, 0.2) is 23.3 Å². The zero-order valence-corrected chi connectivity index (χ0v) is 9.67. The molecule has 0 aromatic heterocycles. The molecule has 1 rings (SSSR count). The van der Waals surface area contributed by atoms with E-state index in [0.717, 1.165) is 0 Å². The van der Waals surface area contributed by atoms with Gasteiger partial charge in [0.25, 0.3) is 0 Å². The molecule has 0 spiro atoms. The van der Waals surface area contributed by atoms with Crippen LogP contribution in [0, 0.1) is 23.3 Å². The van der Waals surface area contributed by atoms with Gasteiger partial charge in [-0.1, -0.05) is 0 Å². The molecular formula is C8H4Cl2F4O4. The van der Waals surface area contributed by atoms with Crippen molar-refractivity contribution in [2.45, 2.75) is 0 Å². The van der Waals surface area contributed by atoms with E-state index in [1.807, 2.05) is 0 Å². The largest absolute Gasteiger partial charge is 0.477 e. The molecule has 0 saturated heterocycles. The third-order valence-corrected chi connectivity index (χ3v) is 1.69. The Balaban J connectivity index is 0. The Morgan fingerprint density at radius 1 is 0.667 bits per heavy atom. The number of rotatable bonds is 2. The van der Waals surface area contributed by atoms with Gasteiger partial charge in [-0.05, 0) is 0 Å². The van der Waals surface area contributed by atoms with Crippen molar-refractivity contribution < 1.29 is 37.4 Å². The highest BCUT2D eigenvalue weighted by Crippen LogP contribution is 2.24. The molecule has 0 heterocycles. The number of aromatic carboxylic acids is 2. The van der Waals surface area contributed by atoms with Crippen LogP contribution >= 0.6 is 24.8 Å². The van der Waals surface area contributed by atoms with Crippen molar-refractivity contribution in [3.63, 3.8) is 0 Å². The topological polar surface area (TPSA) is 74.6 Å². The minimum absolute atomic E-state index is 0. The lowest BCUT2D eigenvalue weighted by Crippen LogP contribution is -2.15. The van der Waals surface area contributed by atoms with E-state index >= 15 is 0 Å². The van der Waals surface area contributed by atoms with E-state index in [1.165, 1.54) is 0 Å². The minimum atomic E-state index is -2.26. The molecule has 10 heteroatoms. The summed E-state index contributed by atoms with van der Waals surface area (Å²) in [5.74, 6) is -13.5. The molecule has 0 aliphatic heterocycles. The second-order valence-electron chi connectivity index (χ2n) is 2.62. The number of hydrogen-bond acceptors (Lipinski definition) is 2. The number of carbonyl (C=O) groups is 2. The molecule has 0 aliphatic carbocycles. The van der Waals surface area contributed by atoms with Crippen molar-refractivity contribution in [3.05, 3.63) is 34.4 Å². The Labute approximate surface area is 109 Å². The van der Waals surface area contributed by atoms with Gasteiger partial charge in [-0.15, -0.1) is 24.8 Å². The monoisotopic (exact) mass is 310 g/mol. The second kappa shape index (κ2) is 6.41. The van der Waals surface area contributed by atoms with E-state index in [2.05, 4.69) is 0 Å². The van der Waals surface area contributed by atoms with Crippen LogP contribution in [0.5, 0.6) is 0 Å².